The molecule has 1 aromatic carbocycles. The molecule has 0 spiro atoms. The van der Waals surface area contributed by atoms with Crippen LogP contribution in [-0.2, 0) is 0 Å². The van der Waals surface area contributed by atoms with Crippen molar-refractivity contribution in [2.75, 3.05) is 25.5 Å². The Morgan fingerprint density at radius 3 is 2.90 bits per heavy atom. The van der Waals surface area contributed by atoms with E-state index >= 15 is 0 Å². The predicted molar refractivity (Wildman–Crippen MR) is 86.7 cm³/mol. The topological polar surface area (TPSA) is 60.2 Å². The summed E-state index contributed by atoms with van der Waals surface area (Å²) in [4.78, 5) is 4.50. The number of pyridine rings is 1. The first kappa shape index (κ1) is 14.1. The fourth-order valence-corrected chi connectivity index (χ4v) is 3.42. The highest BCUT2D eigenvalue weighted by atomic mass is 16.5. The van der Waals surface area contributed by atoms with E-state index < -0.39 is 0 Å². The number of anilines is 1. The lowest BCUT2D eigenvalue weighted by atomic mass is 9.96. The molecule has 3 N–H and O–H groups in total. The number of hydrogen-bond acceptors (Lipinski definition) is 4. The van der Waals surface area contributed by atoms with Crippen molar-refractivity contribution < 1.29 is 4.74 Å². The number of hydrogen-bond donors (Lipinski definition) is 2. The van der Waals surface area contributed by atoms with Crippen LogP contribution in [0.25, 0.3) is 10.8 Å². The van der Waals surface area contributed by atoms with E-state index in [1.165, 1.54) is 19.3 Å². The Morgan fingerprint density at radius 1 is 1.24 bits per heavy atom. The smallest absolute Gasteiger partial charge is 0.133 e. The van der Waals surface area contributed by atoms with Gasteiger partial charge in [0.15, 0.2) is 0 Å². The van der Waals surface area contributed by atoms with Gasteiger partial charge in [-0.2, -0.15) is 0 Å². The van der Waals surface area contributed by atoms with Gasteiger partial charge in [-0.15, -0.1) is 0 Å². The third-order valence-electron chi connectivity index (χ3n) is 4.64. The number of benzene rings is 1. The molecule has 0 aliphatic heterocycles. The van der Waals surface area contributed by atoms with Gasteiger partial charge in [0.25, 0.3) is 0 Å². The molecule has 1 fully saturated rings. The SMILES string of the molecule is COc1cccc2c(NCC3CCCC3CN)nccc12. The zero-order valence-electron chi connectivity index (χ0n) is 12.5. The van der Waals surface area contributed by atoms with E-state index in [0.29, 0.717) is 11.8 Å². The summed E-state index contributed by atoms with van der Waals surface area (Å²) in [6.07, 6.45) is 5.66. The van der Waals surface area contributed by atoms with Gasteiger partial charge in [0.2, 0.25) is 0 Å². The maximum Gasteiger partial charge on any atom is 0.133 e. The molecule has 1 saturated carbocycles. The zero-order chi connectivity index (χ0) is 14.7. The number of nitrogens with zero attached hydrogens (tertiary/aromatic N) is 1. The number of ether oxygens (including phenoxy) is 1. The Morgan fingerprint density at radius 2 is 2.10 bits per heavy atom. The lowest BCUT2D eigenvalue weighted by Crippen LogP contribution is -2.24. The summed E-state index contributed by atoms with van der Waals surface area (Å²) < 4.78 is 5.42. The minimum atomic E-state index is 0.655. The second-order valence-electron chi connectivity index (χ2n) is 5.78. The van der Waals surface area contributed by atoms with Crippen LogP contribution in [0.5, 0.6) is 5.75 Å². The maximum absolute atomic E-state index is 5.86. The molecule has 21 heavy (non-hydrogen) atoms. The van der Waals surface area contributed by atoms with Gasteiger partial charge in [-0.25, -0.2) is 4.98 Å². The number of nitrogens with one attached hydrogen (secondary N) is 1. The molecule has 4 heteroatoms. The Labute approximate surface area is 125 Å². The van der Waals surface area contributed by atoms with E-state index in [1.807, 2.05) is 24.4 Å². The highest BCUT2D eigenvalue weighted by Crippen LogP contribution is 2.32. The van der Waals surface area contributed by atoms with Gasteiger partial charge in [-0.3, -0.25) is 0 Å². The van der Waals surface area contributed by atoms with Crippen molar-refractivity contribution in [3.63, 3.8) is 0 Å². The highest BCUT2D eigenvalue weighted by Gasteiger charge is 2.25. The highest BCUT2D eigenvalue weighted by molar-refractivity contribution is 5.95. The molecular weight excluding hydrogens is 262 g/mol. The van der Waals surface area contributed by atoms with Gasteiger partial charge in [0.1, 0.15) is 11.6 Å². The summed E-state index contributed by atoms with van der Waals surface area (Å²) in [7, 11) is 1.70. The van der Waals surface area contributed by atoms with E-state index in [9.17, 15) is 0 Å². The van der Waals surface area contributed by atoms with E-state index in [-0.39, 0.29) is 0 Å². The molecule has 0 amide bonds. The van der Waals surface area contributed by atoms with Gasteiger partial charge in [0, 0.05) is 23.5 Å². The van der Waals surface area contributed by atoms with Crippen molar-refractivity contribution in [2.24, 2.45) is 17.6 Å². The first-order valence-electron chi connectivity index (χ1n) is 7.69. The van der Waals surface area contributed by atoms with Gasteiger partial charge < -0.3 is 15.8 Å². The maximum atomic E-state index is 5.86. The molecule has 4 nitrogen and oxygen atoms in total. The van der Waals surface area contributed by atoms with Crippen molar-refractivity contribution in [1.82, 2.24) is 4.98 Å². The molecule has 1 aromatic heterocycles. The van der Waals surface area contributed by atoms with Gasteiger partial charge in [-0.05, 0) is 43.4 Å². The lowest BCUT2D eigenvalue weighted by molar-refractivity contribution is 0.414. The van der Waals surface area contributed by atoms with Crippen LogP contribution in [0.4, 0.5) is 5.82 Å². The van der Waals surface area contributed by atoms with Crippen molar-refractivity contribution in [3.05, 3.63) is 30.5 Å². The second-order valence-corrected chi connectivity index (χ2v) is 5.78. The third kappa shape index (κ3) is 2.81. The summed E-state index contributed by atoms with van der Waals surface area (Å²) in [5.41, 5.74) is 5.86. The first-order valence-corrected chi connectivity index (χ1v) is 7.69. The fourth-order valence-electron chi connectivity index (χ4n) is 3.42. The van der Waals surface area contributed by atoms with Crippen LogP contribution in [0.1, 0.15) is 19.3 Å². The van der Waals surface area contributed by atoms with Crippen molar-refractivity contribution in [1.29, 1.82) is 0 Å². The Kier molecular flexibility index (Phi) is 4.25. The second kappa shape index (κ2) is 6.31. The Bertz CT molecular complexity index is 614. The van der Waals surface area contributed by atoms with E-state index in [0.717, 1.165) is 35.4 Å². The van der Waals surface area contributed by atoms with Crippen LogP contribution in [-0.4, -0.2) is 25.2 Å². The minimum absolute atomic E-state index is 0.655. The molecule has 0 bridgehead atoms. The molecule has 0 radical (unpaired) electrons. The predicted octanol–water partition coefficient (Wildman–Crippen LogP) is 3.03. The summed E-state index contributed by atoms with van der Waals surface area (Å²) in [5.74, 6) is 3.15. The summed E-state index contributed by atoms with van der Waals surface area (Å²) in [5, 5.41) is 5.73. The Balaban J connectivity index is 1.81. The van der Waals surface area contributed by atoms with Crippen molar-refractivity contribution >= 4 is 16.6 Å². The van der Waals surface area contributed by atoms with Crippen molar-refractivity contribution in [3.8, 4) is 5.75 Å². The standard InChI is InChI=1S/C17H23N3O/c1-21-16-7-3-6-15-14(16)8-9-19-17(15)20-11-13-5-2-4-12(13)10-18/h3,6-9,12-13H,2,4-5,10-11,18H2,1H3,(H,19,20). The number of fused-ring (bicyclic) bond motifs is 1. The molecule has 0 saturated heterocycles. The minimum Gasteiger partial charge on any atom is -0.496 e. The van der Waals surface area contributed by atoms with Crippen LogP contribution in [0.15, 0.2) is 30.5 Å². The molecule has 2 unspecified atom stereocenters. The summed E-state index contributed by atoms with van der Waals surface area (Å²) >= 11 is 0. The van der Waals surface area contributed by atoms with Gasteiger partial charge >= 0.3 is 0 Å². The molecular formula is C17H23N3O. The molecule has 3 rings (SSSR count). The molecule has 2 atom stereocenters. The number of aromatic nitrogens is 1. The van der Waals surface area contributed by atoms with Crippen LogP contribution in [0.2, 0.25) is 0 Å². The summed E-state index contributed by atoms with van der Waals surface area (Å²) in [6, 6.07) is 8.07. The van der Waals surface area contributed by atoms with Crippen molar-refractivity contribution in [2.45, 2.75) is 19.3 Å². The Hall–Kier alpha value is -1.81. The normalized spacial score (nSPS) is 21.6. The zero-order valence-corrected chi connectivity index (χ0v) is 12.5. The number of nitrogens with two attached hydrogens (primary N) is 1. The average molecular weight is 285 g/mol. The molecule has 1 aliphatic carbocycles. The van der Waals surface area contributed by atoms with E-state index in [1.54, 1.807) is 7.11 Å². The van der Waals surface area contributed by atoms with Crippen LogP contribution >= 0.6 is 0 Å². The van der Waals surface area contributed by atoms with E-state index in [4.69, 9.17) is 10.5 Å². The summed E-state index contributed by atoms with van der Waals surface area (Å²) in [6.45, 7) is 1.74. The van der Waals surface area contributed by atoms with Gasteiger partial charge in [-0.1, -0.05) is 18.6 Å². The largest absolute Gasteiger partial charge is 0.496 e. The average Bonchev–Trinajstić information content (AvgIpc) is 2.99. The lowest BCUT2D eigenvalue weighted by Gasteiger charge is -2.19. The quantitative estimate of drug-likeness (QED) is 0.886. The third-order valence-corrected chi connectivity index (χ3v) is 4.64. The van der Waals surface area contributed by atoms with Gasteiger partial charge in [0.05, 0.1) is 7.11 Å². The van der Waals surface area contributed by atoms with Crippen LogP contribution in [0, 0.1) is 11.8 Å². The molecule has 1 aliphatic rings. The van der Waals surface area contributed by atoms with Crippen LogP contribution in [0.3, 0.4) is 0 Å². The molecule has 2 aromatic rings. The molecule has 112 valence electrons. The van der Waals surface area contributed by atoms with E-state index in [2.05, 4.69) is 16.4 Å². The monoisotopic (exact) mass is 285 g/mol. The molecule has 1 heterocycles. The first-order chi connectivity index (χ1) is 10.3. The number of rotatable bonds is 5. The fraction of sp³-hybridized carbons (Fsp3) is 0.471. The van der Waals surface area contributed by atoms with Crippen LogP contribution < -0.4 is 15.8 Å². The number of methoxy groups -OCH3 is 1.